The van der Waals surface area contributed by atoms with Crippen LogP contribution in [0.25, 0.3) is 0 Å². The molecular formula is C12H19NO6. The molecule has 7 heteroatoms. The predicted octanol–water partition coefficient (Wildman–Crippen LogP) is -0.0334. The summed E-state index contributed by atoms with van der Waals surface area (Å²) in [5.74, 6) is -2.49. The number of rotatable bonds is 8. The summed E-state index contributed by atoms with van der Waals surface area (Å²) in [6.07, 6.45) is -0.0468. The van der Waals surface area contributed by atoms with Crippen molar-refractivity contribution in [3.8, 4) is 0 Å². The van der Waals surface area contributed by atoms with Crippen LogP contribution in [0.3, 0.4) is 0 Å². The van der Waals surface area contributed by atoms with Crippen LogP contribution in [0.1, 0.15) is 33.6 Å². The summed E-state index contributed by atoms with van der Waals surface area (Å²) < 4.78 is 9.35. The van der Waals surface area contributed by atoms with Crippen LogP contribution in [0.4, 0.5) is 0 Å². The van der Waals surface area contributed by atoms with Gasteiger partial charge in [0.25, 0.3) is 0 Å². The Kier molecular flexibility index (Phi) is 8.15. The fourth-order valence-electron chi connectivity index (χ4n) is 1.19. The van der Waals surface area contributed by atoms with Crippen LogP contribution in [-0.2, 0) is 28.7 Å². The highest BCUT2D eigenvalue weighted by Gasteiger charge is 2.31. The van der Waals surface area contributed by atoms with Crippen molar-refractivity contribution < 1.29 is 28.7 Å². The molecule has 0 aromatic rings. The number of nitrogens with one attached hydrogen (secondary N) is 1. The van der Waals surface area contributed by atoms with Gasteiger partial charge < -0.3 is 19.6 Å². The van der Waals surface area contributed by atoms with Gasteiger partial charge in [-0.25, -0.2) is 9.59 Å². The van der Waals surface area contributed by atoms with Crippen molar-refractivity contribution in [2.45, 2.75) is 39.7 Å². The average Bonchev–Trinajstić information content (AvgIpc) is 2.33. The van der Waals surface area contributed by atoms with Crippen LogP contribution in [0.2, 0.25) is 0 Å². The first-order valence-corrected chi connectivity index (χ1v) is 6.04. The zero-order valence-corrected chi connectivity index (χ0v) is 11.4. The van der Waals surface area contributed by atoms with Crippen LogP contribution in [-0.4, -0.2) is 42.9 Å². The van der Waals surface area contributed by atoms with Crippen molar-refractivity contribution >= 4 is 23.6 Å². The highest BCUT2D eigenvalue weighted by Crippen LogP contribution is 1.97. The molecule has 0 bridgehead atoms. The van der Waals surface area contributed by atoms with Crippen molar-refractivity contribution in [2.75, 3.05) is 13.2 Å². The van der Waals surface area contributed by atoms with Gasteiger partial charge in [-0.05, 0) is 20.8 Å². The summed E-state index contributed by atoms with van der Waals surface area (Å²) in [5, 5.41) is 2.20. The molecule has 0 aromatic carbocycles. The van der Waals surface area contributed by atoms with Crippen LogP contribution >= 0.6 is 0 Å². The minimum absolute atomic E-state index is 0.0458. The smallest absolute Gasteiger partial charge is 0.340 e. The van der Waals surface area contributed by atoms with Gasteiger partial charge in [0.1, 0.15) is 5.78 Å². The van der Waals surface area contributed by atoms with E-state index in [1.165, 1.54) is 6.92 Å². The third-order valence-electron chi connectivity index (χ3n) is 2.05. The summed E-state index contributed by atoms with van der Waals surface area (Å²) in [6, 6.07) is -1.49. The zero-order valence-electron chi connectivity index (χ0n) is 11.4. The number of esters is 2. The van der Waals surface area contributed by atoms with Gasteiger partial charge in [0.2, 0.25) is 11.9 Å². The van der Waals surface area contributed by atoms with Crippen LogP contribution < -0.4 is 5.32 Å². The maximum atomic E-state index is 11.5. The number of ketones is 1. The van der Waals surface area contributed by atoms with E-state index in [2.05, 4.69) is 14.8 Å². The summed E-state index contributed by atoms with van der Waals surface area (Å²) >= 11 is 0. The highest BCUT2D eigenvalue weighted by atomic mass is 16.6. The van der Waals surface area contributed by atoms with Gasteiger partial charge in [-0.15, -0.1) is 0 Å². The maximum Gasteiger partial charge on any atom is 0.340 e. The first kappa shape index (κ1) is 17.1. The molecule has 0 saturated carbocycles. The number of hydrogen-bond acceptors (Lipinski definition) is 6. The largest absolute Gasteiger partial charge is 0.464 e. The summed E-state index contributed by atoms with van der Waals surface area (Å²) in [5.41, 5.74) is 0. The Hall–Kier alpha value is -1.92. The lowest BCUT2D eigenvalue weighted by Crippen LogP contribution is -2.48. The molecule has 0 unspecified atom stereocenters. The Labute approximate surface area is 111 Å². The molecule has 0 spiro atoms. The topological polar surface area (TPSA) is 98.8 Å². The monoisotopic (exact) mass is 273 g/mol. The molecule has 0 saturated heterocycles. The Bertz CT molecular complexity index is 334. The van der Waals surface area contributed by atoms with E-state index < -0.39 is 23.9 Å². The van der Waals surface area contributed by atoms with Gasteiger partial charge in [-0.1, -0.05) is 0 Å². The van der Waals surface area contributed by atoms with E-state index in [1.54, 1.807) is 13.8 Å². The van der Waals surface area contributed by atoms with Gasteiger partial charge in [0.15, 0.2) is 0 Å². The SMILES string of the molecule is CCOC(=O)C(NC(=O)CCC(C)=O)C(=O)OCC. The lowest BCUT2D eigenvalue weighted by molar-refractivity contribution is -0.159. The van der Waals surface area contributed by atoms with Crippen LogP contribution in [0.15, 0.2) is 0 Å². The van der Waals surface area contributed by atoms with Crippen LogP contribution in [0, 0.1) is 0 Å². The number of carbonyl (C=O) groups excluding carboxylic acids is 4. The average molecular weight is 273 g/mol. The van der Waals surface area contributed by atoms with E-state index >= 15 is 0 Å². The van der Waals surface area contributed by atoms with E-state index in [0.29, 0.717) is 0 Å². The molecule has 108 valence electrons. The summed E-state index contributed by atoms with van der Waals surface area (Å²) in [7, 11) is 0. The summed E-state index contributed by atoms with van der Waals surface area (Å²) in [4.78, 5) is 45.3. The minimum Gasteiger partial charge on any atom is -0.464 e. The Morgan fingerprint density at radius 1 is 0.947 bits per heavy atom. The molecule has 0 aliphatic rings. The number of carbonyl (C=O) groups is 4. The molecule has 0 aliphatic heterocycles. The van der Waals surface area contributed by atoms with Crippen molar-refractivity contribution in [3.05, 3.63) is 0 Å². The Morgan fingerprint density at radius 2 is 1.42 bits per heavy atom. The first-order chi connectivity index (χ1) is 8.92. The fourth-order valence-corrected chi connectivity index (χ4v) is 1.19. The lowest BCUT2D eigenvalue weighted by Gasteiger charge is -2.15. The normalized spacial score (nSPS) is 9.89. The number of hydrogen-bond donors (Lipinski definition) is 1. The van der Waals surface area contributed by atoms with Crippen molar-refractivity contribution in [1.82, 2.24) is 5.32 Å². The van der Waals surface area contributed by atoms with Crippen molar-refractivity contribution in [2.24, 2.45) is 0 Å². The van der Waals surface area contributed by atoms with Crippen LogP contribution in [0.5, 0.6) is 0 Å². The summed E-state index contributed by atoms with van der Waals surface area (Å²) in [6.45, 7) is 4.67. The lowest BCUT2D eigenvalue weighted by atomic mass is 10.2. The molecule has 0 atom stereocenters. The third-order valence-corrected chi connectivity index (χ3v) is 2.05. The molecule has 0 fully saturated rings. The molecule has 19 heavy (non-hydrogen) atoms. The van der Waals surface area contributed by atoms with E-state index in [9.17, 15) is 19.2 Å². The standard InChI is InChI=1S/C12H19NO6/c1-4-18-11(16)10(12(17)19-5-2)13-9(15)7-6-8(3)14/h10H,4-7H2,1-3H3,(H,13,15). The molecule has 0 rings (SSSR count). The molecule has 0 aromatic heterocycles. The minimum atomic E-state index is -1.49. The number of amides is 1. The van der Waals surface area contributed by atoms with E-state index in [4.69, 9.17) is 0 Å². The van der Waals surface area contributed by atoms with Gasteiger partial charge in [-0.3, -0.25) is 4.79 Å². The van der Waals surface area contributed by atoms with Gasteiger partial charge in [0, 0.05) is 12.8 Å². The second-order valence-corrected chi connectivity index (χ2v) is 3.71. The maximum absolute atomic E-state index is 11.5. The fraction of sp³-hybridized carbons (Fsp3) is 0.667. The molecular weight excluding hydrogens is 254 g/mol. The molecule has 0 aliphatic carbocycles. The molecule has 1 N–H and O–H groups in total. The van der Waals surface area contributed by atoms with Crippen molar-refractivity contribution in [3.63, 3.8) is 0 Å². The Morgan fingerprint density at radius 3 is 1.79 bits per heavy atom. The molecule has 0 heterocycles. The third kappa shape index (κ3) is 7.17. The predicted molar refractivity (Wildman–Crippen MR) is 65.1 cm³/mol. The van der Waals surface area contributed by atoms with Gasteiger partial charge in [0.05, 0.1) is 13.2 Å². The van der Waals surface area contributed by atoms with E-state index in [-0.39, 0.29) is 31.8 Å². The zero-order chi connectivity index (χ0) is 14.8. The number of Topliss-reactive ketones (excluding diaryl/α,β-unsaturated/α-hetero) is 1. The second-order valence-electron chi connectivity index (χ2n) is 3.71. The van der Waals surface area contributed by atoms with E-state index in [0.717, 1.165) is 0 Å². The van der Waals surface area contributed by atoms with E-state index in [1.807, 2.05) is 0 Å². The molecule has 0 radical (unpaired) electrons. The first-order valence-electron chi connectivity index (χ1n) is 6.04. The van der Waals surface area contributed by atoms with Gasteiger partial charge in [-0.2, -0.15) is 0 Å². The second kappa shape index (κ2) is 9.07. The quantitative estimate of drug-likeness (QED) is 0.492. The molecule has 1 amide bonds. The van der Waals surface area contributed by atoms with Crippen molar-refractivity contribution in [1.29, 1.82) is 0 Å². The van der Waals surface area contributed by atoms with Gasteiger partial charge >= 0.3 is 11.9 Å². The highest BCUT2D eigenvalue weighted by molar-refractivity contribution is 6.02. The molecule has 7 nitrogen and oxygen atoms in total. The number of ether oxygens (including phenoxy) is 2. The Balaban J connectivity index is 4.57.